The topological polar surface area (TPSA) is 25.8 Å². The molecule has 0 N–H and O–H groups in total. The molecule has 0 amide bonds. The maximum Gasteiger partial charge on any atom is 0.130 e. The number of nitrogens with zero attached hydrogens (tertiary/aromatic N) is 2. The molecule has 0 saturated heterocycles. The molecule has 2 aromatic heterocycles. The maximum atomic E-state index is 6.06. The lowest BCUT2D eigenvalue weighted by Crippen LogP contribution is -1.94. The summed E-state index contributed by atoms with van der Waals surface area (Å²) in [6.45, 7) is 2.03. The molecule has 0 radical (unpaired) electrons. The summed E-state index contributed by atoms with van der Waals surface area (Å²) in [5, 5.41) is 2.70. The van der Waals surface area contributed by atoms with Gasteiger partial charge in [0.25, 0.3) is 0 Å². The smallest absolute Gasteiger partial charge is 0.130 e. The summed E-state index contributed by atoms with van der Waals surface area (Å²) in [6, 6.07) is 3.76. The van der Waals surface area contributed by atoms with Crippen molar-refractivity contribution in [3.8, 4) is 10.6 Å². The van der Waals surface area contributed by atoms with Gasteiger partial charge in [0.2, 0.25) is 0 Å². The lowest BCUT2D eigenvalue weighted by atomic mass is 10.3. The number of hydrogen-bond acceptors (Lipinski definition) is 3. The highest BCUT2D eigenvalue weighted by atomic mass is 79.9. The van der Waals surface area contributed by atoms with Crippen molar-refractivity contribution in [2.45, 2.75) is 13.3 Å². The average Bonchev–Trinajstić information content (AvgIpc) is 2.63. The Morgan fingerprint density at radius 2 is 2.27 bits per heavy atom. The summed E-state index contributed by atoms with van der Waals surface area (Å²) in [6.07, 6.45) is 0.815. The Hall–Kier alpha value is -0.450. The van der Waals surface area contributed by atoms with E-state index < -0.39 is 0 Å². The monoisotopic (exact) mass is 302 g/mol. The predicted molar refractivity (Wildman–Crippen MR) is 67.4 cm³/mol. The standard InChI is InChI=1S/C10H8BrClN2S/c1-2-9-13-7(5-8(11)14-9)10-6(12)3-4-15-10/h3-5H,2H2,1H3. The second kappa shape index (κ2) is 4.60. The second-order valence-electron chi connectivity index (χ2n) is 2.94. The van der Waals surface area contributed by atoms with Gasteiger partial charge < -0.3 is 0 Å². The van der Waals surface area contributed by atoms with E-state index >= 15 is 0 Å². The van der Waals surface area contributed by atoms with E-state index in [-0.39, 0.29) is 0 Å². The molecule has 2 rings (SSSR count). The quantitative estimate of drug-likeness (QED) is 0.778. The van der Waals surface area contributed by atoms with Gasteiger partial charge in [0, 0.05) is 6.42 Å². The lowest BCUT2D eigenvalue weighted by Gasteiger charge is -2.02. The molecule has 5 heteroatoms. The Morgan fingerprint density at radius 3 is 2.87 bits per heavy atom. The van der Waals surface area contributed by atoms with Crippen LogP contribution in [0, 0.1) is 0 Å². The highest BCUT2D eigenvalue weighted by Gasteiger charge is 2.09. The zero-order valence-electron chi connectivity index (χ0n) is 8.00. The summed E-state index contributed by atoms with van der Waals surface area (Å²) in [5.41, 5.74) is 0.883. The van der Waals surface area contributed by atoms with Crippen LogP contribution in [0.15, 0.2) is 22.1 Å². The van der Waals surface area contributed by atoms with Crippen LogP contribution in [0.2, 0.25) is 5.02 Å². The first-order valence-corrected chi connectivity index (χ1v) is 6.52. The summed E-state index contributed by atoms with van der Waals surface area (Å²) in [5.74, 6) is 0.823. The first-order valence-electron chi connectivity index (χ1n) is 4.47. The normalized spacial score (nSPS) is 10.6. The minimum atomic E-state index is 0.743. The minimum Gasteiger partial charge on any atom is -0.232 e. The fourth-order valence-electron chi connectivity index (χ4n) is 1.22. The molecular weight excluding hydrogens is 296 g/mol. The molecule has 15 heavy (non-hydrogen) atoms. The fraction of sp³-hybridized carbons (Fsp3) is 0.200. The number of halogens is 2. The Bertz CT molecular complexity index is 484. The van der Waals surface area contributed by atoms with Crippen molar-refractivity contribution < 1.29 is 0 Å². The molecule has 0 saturated carbocycles. The van der Waals surface area contributed by atoms with Crippen molar-refractivity contribution >= 4 is 38.9 Å². The Morgan fingerprint density at radius 1 is 1.47 bits per heavy atom. The number of aromatic nitrogens is 2. The van der Waals surface area contributed by atoms with E-state index in [4.69, 9.17) is 11.6 Å². The molecule has 78 valence electrons. The zero-order chi connectivity index (χ0) is 10.8. The van der Waals surface area contributed by atoms with Crippen molar-refractivity contribution in [2.75, 3.05) is 0 Å². The van der Waals surface area contributed by atoms with E-state index in [1.54, 1.807) is 11.3 Å². The Kier molecular flexibility index (Phi) is 3.38. The van der Waals surface area contributed by atoms with E-state index in [9.17, 15) is 0 Å². The third-order valence-electron chi connectivity index (χ3n) is 1.91. The Balaban J connectivity index is 2.53. The highest BCUT2D eigenvalue weighted by molar-refractivity contribution is 9.10. The number of rotatable bonds is 2. The molecule has 0 aliphatic rings. The second-order valence-corrected chi connectivity index (χ2v) is 5.08. The van der Waals surface area contributed by atoms with Crippen LogP contribution in [0.5, 0.6) is 0 Å². The largest absolute Gasteiger partial charge is 0.232 e. The molecule has 0 bridgehead atoms. The van der Waals surface area contributed by atoms with Crippen LogP contribution in [0.3, 0.4) is 0 Å². The van der Waals surface area contributed by atoms with Gasteiger partial charge in [0.05, 0.1) is 15.6 Å². The van der Waals surface area contributed by atoms with Crippen molar-refractivity contribution in [3.63, 3.8) is 0 Å². The molecule has 0 atom stereocenters. The number of hydrogen-bond donors (Lipinski definition) is 0. The van der Waals surface area contributed by atoms with Crippen LogP contribution in [0.4, 0.5) is 0 Å². The number of thiophene rings is 1. The fourth-order valence-corrected chi connectivity index (χ4v) is 2.75. The van der Waals surface area contributed by atoms with Crippen molar-refractivity contribution in [3.05, 3.63) is 33.0 Å². The van der Waals surface area contributed by atoms with Crippen molar-refractivity contribution in [2.24, 2.45) is 0 Å². The third-order valence-corrected chi connectivity index (χ3v) is 3.68. The average molecular weight is 304 g/mol. The zero-order valence-corrected chi connectivity index (χ0v) is 11.2. The maximum absolute atomic E-state index is 6.06. The van der Waals surface area contributed by atoms with Gasteiger partial charge in [-0.15, -0.1) is 11.3 Å². The highest BCUT2D eigenvalue weighted by Crippen LogP contribution is 2.32. The number of aryl methyl sites for hydroxylation is 1. The van der Waals surface area contributed by atoms with Gasteiger partial charge in [0.15, 0.2) is 0 Å². The van der Waals surface area contributed by atoms with Crippen molar-refractivity contribution in [1.29, 1.82) is 0 Å². The Labute approximate surface area is 105 Å². The van der Waals surface area contributed by atoms with Gasteiger partial charge >= 0.3 is 0 Å². The summed E-state index contributed by atoms with van der Waals surface area (Å²) >= 11 is 11.0. The predicted octanol–water partition coefficient (Wildman–Crippen LogP) is 4.18. The van der Waals surface area contributed by atoms with Gasteiger partial charge in [-0.3, -0.25) is 0 Å². The van der Waals surface area contributed by atoms with Crippen LogP contribution in [0.1, 0.15) is 12.7 Å². The van der Waals surface area contributed by atoms with E-state index in [0.29, 0.717) is 0 Å². The van der Waals surface area contributed by atoms with E-state index in [0.717, 1.165) is 32.4 Å². The molecule has 0 spiro atoms. The SMILES string of the molecule is CCc1nc(Br)cc(-c2sccc2Cl)n1. The van der Waals surface area contributed by atoms with Gasteiger partial charge in [-0.1, -0.05) is 18.5 Å². The molecule has 0 fully saturated rings. The summed E-state index contributed by atoms with van der Waals surface area (Å²) in [4.78, 5) is 9.69. The van der Waals surface area contributed by atoms with E-state index in [1.165, 1.54) is 0 Å². The molecule has 0 aliphatic carbocycles. The van der Waals surface area contributed by atoms with Gasteiger partial charge in [-0.25, -0.2) is 9.97 Å². The van der Waals surface area contributed by atoms with Crippen LogP contribution in [-0.4, -0.2) is 9.97 Å². The molecule has 0 aliphatic heterocycles. The molecule has 0 unspecified atom stereocenters. The van der Waals surface area contributed by atoms with Crippen LogP contribution < -0.4 is 0 Å². The lowest BCUT2D eigenvalue weighted by molar-refractivity contribution is 0.933. The van der Waals surface area contributed by atoms with E-state index in [1.807, 2.05) is 24.4 Å². The summed E-state index contributed by atoms with van der Waals surface area (Å²) in [7, 11) is 0. The minimum absolute atomic E-state index is 0.743. The third kappa shape index (κ3) is 2.38. The van der Waals surface area contributed by atoms with Gasteiger partial charge in [-0.05, 0) is 33.4 Å². The van der Waals surface area contributed by atoms with Crippen molar-refractivity contribution in [1.82, 2.24) is 9.97 Å². The van der Waals surface area contributed by atoms with Crippen LogP contribution in [-0.2, 0) is 6.42 Å². The van der Waals surface area contributed by atoms with Crippen LogP contribution >= 0.6 is 38.9 Å². The van der Waals surface area contributed by atoms with E-state index in [2.05, 4.69) is 25.9 Å². The molecule has 2 nitrogen and oxygen atoms in total. The first kappa shape index (κ1) is 11.0. The molecule has 2 aromatic rings. The van der Waals surface area contributed by atoms with Crippen LogP contribution in [0.25, 0.3) is 10.6 Å². The van der Waals surface area contributed by atoms with Gasteiger partial charge in [0.1, 0.15) is 10.4 Å². The summed E-state index contributed by atoms with van der Waals surface area (Å²) < 4.78 is 0.800. The molecule has 2 heterocycles. The first-order chi connectivity index (χ1) is 7.20. The molecular formula is C10H8BrClN2S. The molecule has 0 aromatic carbocycles. The van der Waals surface area contributed by atoms with Gasteiger partial charge in [-0.2, -0.15) is 0 Å².